The number of para-hydroxylation sites is 1. The lowest BCUT2D eigenvalue weighted by molar-refractivity contribution is -0.134. The number of hydrogen-bond acceptors (Lipinski definition) is 2. The number of benzene rings is 1. The number of rotatable bonds is 8. The van der Waals surface area contributed by atoms with E-state index in [0.717, 1.165) is 19.3 Å². The van der Waals surface area contributed by atoms with Crippen molar-refractivity contribution >= 4 is 17.4 Å². The summed E-state index contributed by atoms with van der Waals surface area (Å²) in [7, 11) is 0. The van der Waals surface area contributed by atoms with E-state index in [1.165, 1.54) is 12.8 Å². The minimum Gasteiger partial charge on any atom is -0.319 e. The van der Waals surface area contributed by atoms with Gasteiger partial charge in [-0.2, -0.15) is 0 Å². The van der Waals surface area contributed by atoms with Crippen LogP contribution in [0, 0.1) is 0 Å². The van der Waals surface area contributed by atoms with Crippen LogP contribution < -0.4 is 5.32 Å². The van der Waals surface area contributed by atoms with Gasteiger partial charge >= 0.3 is 0 Å². The summed E-state index contributed by atoms with van der Waals surface area (Å²) in [5.41, 5.74) is 0.668. The zero-order valence-electron chi connectivity index (χ0n) is 10.9. The molecule has 0 aromatic heterocycles. The van der Waals surface area contributed by atoms with Crippen molar-refractivity contribution in [1.82, 2.24) is 0 Å². The summed E-state index contributed by atoms with van der Waals surface area (Å²) in [5.74, 6) is -0.827. The third-order valence-electron chi connectivity index (χ3n) is 2.79. The predicted molar refractivity (Wildman–Crippen MR) is 73.5 cm³/mol. The van der Waals surface area contributed by atoms with Crippen LogP contribution in [0.3, 0.4) is 0 Å². The van der Waals surface area contributed by atoms with Crippen molar-refractivity contribution in [3.63, 3.8) is 0 Å². The van der Waals surface area contributed by atoms with Crippen LogP contribution in [-0.4, -0.2) is 11.7 Å². The van der Waals surface area contributed by atoms with Gasteiger partial charge in [0.2, 0.25) is 5.78 Å². The van der Waals surface area contributed by atoms with Gasteiger partial charge in [0.15, 0.2) is 0 Å². The SMILES string of the molecule is CCCCCCCC(=O)C(=O)Nc1ccccc1. The third-order valence-corrected chi connectivity index (χ3v) is 2.79. The second kappa shape index (κ2) is 8.45. The average Bonchev–Trinajstić information content (AvgIpc) is 2.39. The number of carbonyl (C=O) groups is 2. The van der Waals surface area contributed by atoms with E-state index in [4.69, 9.17) is 0 Å². The molecule has 98 valence electrons. The van der Waals surface area contributed by atoms with Gasteiger partial charge in [-0.1, -0.05) is 50.8 Å². The minimum absolute atomic E-state index is 0.324. The molecule has 0 aliphatic rings. The highest BCUT2D eigenvalue weighted by atomic mass is 16.2. The van der Waals surface area contributed by atoms with E-state index in [1.54, 1.807) is 12.1 Å². The van der Waals surface area contributed by atoms with E-state index in [0.29, 0.717) is 12.1 Å². The normalized spacial score (nSPS) is 10.1. The molecule has 0 aliphatic heterocycles. The Labute approximate surface area is 109 Å². The van der Waals surface area contributed by atoms with Crippen LogP contribution in [0.5, 0.6) is 0 Å². The standard InChI is InChI=1S/C15H21NO2/c1-2-3-4-5-9-12-14(17)15(18)16-13-10-7-6-8-11-13/h6-8,10-11H,2-5,9,12H2,1H3,(H,16,18). The highest BCUT2D eigenvalue weighted by molar-refractivity contribution is 6.40. The number of carbonyl (C=O) groups excluding carboxylic acids is 2. The van der Waals surface area contributed by atoms with E-state index in [9.17, 15) is 9.59 Å². The molecule has 0 saturated heterocycles. The topological polar surface area (TPSA) is 46.2 Å². The zero-order chi connectivity index (χ0) is 13.2. The Kier molecular flexibility index (Phi) is 6.77. The Balaban J connectivity index is 2.23. The van der Waals surface area contributed by atoms with Crippen LogP contribution in [0.25, 0.3) is 0 Å². The van der Waals surface area contributed by atoms with Crippen LogP contribution in [-0.2, 0) is 9.59 Å². The third kappa shape index (κ3) is 5.62. The van der Waals surface area contributed by atoms with E-state index < -0.39 is 5.91 Å². The van der Waals surface area contributed by atoms with E-state index in [2.05, 4.69) is 12.2 Å². The van der Waals surface area contributed by atoms with E-state index in [-0.39, 0.29) is 5.78 Å². The molecule has 1 rings (SSSR count). The number of nitrogens with one attached hydrogen (secondary N) is 1. The first-order valence-electron chi connectivity index (χ1n) is 6.63. The van der Waals surface area contributed by atoms with Crippen molar-refractivity contribution in [3.8, 4) is 0 Å². The van der Waals surface area contributed by atoms with Crippen molar-refractivity contribution in [2.24, 2.45) is 0 Å². The molecule has 1 aromatic carbocycles. The Morgan fingerprint density at radius 3 is 2.33 bits per heavy atom. The molecule has 0 unspecified atom stereocenters. The molecule has 3 heteroatoms. The van der Waals surface area contributed by atoms with Gasteiger partial charge in [-0.25, -0.2) is 0 Å². The van der Waals surface area contributed by atoms with E-state index in [1.807, 2.05) is 18.2 Å². The molecular weight excluding hydrogens is 226 g/mol. The van der Waals surface area contributed by atoms with Gasteiger partial charge in [0, 0.05) is 12.1 Å². The highest BCUT2D eigenvalue weighted by Gasteiger charge is 2.12. The fraction of sp³-hybridized carbons (Fsp3) is 0.467. The van der Waals surface area contributed by atoms with Crippen LogP contribution >= 0.6 is 0 Å². The van der Waals surface area contributed by atoms with Gasteiger partial charge in [-0.3, -0.25) is 9.59 Å². The number of unbranched alkanes of at least 4 members (excludes halogenated alkanes) is 4. The van der Waals surface area contributed by atoms with Gasteiger partial charge in [0.1, 0.15) is 0 Å². The van der Waals surface area contributed by atoms with Gasteiger partial charge in [-0.05, 0) is 18.6 Å². The molecule has 1 N–H and O–H groups in total. The van der Waals surface area contributed by atoms with Gasteiger partial charge < -0.3 is 5.32 Å². The molecule has 0 radical (unpaired) electrons. The molecule has 0 atom stereocenters. The van der Waals surface area contributed by atoms with E-state index >= 15 is 0 Å². The predicted octanol–water partition coefficient (Wildman–Crippen LogP) is 3.55. The molecule has 0 spiro atoms. The Morgan fingerprint density at radius 2 is 1.67 bits per heavy atom. The second-order valence-corrected chi connectivity index (χ2v) is 4.41. The molecular formula is C15H21NO2. The smallest absolute Gasteiger partial charge is 0.291 e. The van der Waals surface area contributed by atoms with Gasteiger partial charge in [0.25, 0.3) is 5.91 Å². The number of Topliss-reactive ketones (excluding diaryl/α,β-unsaturated/α-hetero) is 1. The van der Waals surface area contributed by atoms with Crippen molar-refractivity contribution in [2.75, 3.05) is 5.32 Å². The lowest BCUT2D eigenvalue weighted by Crippen LogP contribution is -2.22. The first-order valence-corrected chi connectivity index (χ1v) is 6.63. The van der Waals surface area contributed by atoms with Gasteiger partial charge in [0.05, 0.1) is 0 Å². The molecule has 0 saturated carbocycles. The fourth-order valence-electron chi connectivity index (χ4n) is 1.72. The second-order valence-electron chi connectivity index (χ2n) is 4.41. The maximum atomic E-state index is 11.6. The highest BCUT2D eigenvalue weighted by Crippen LogP contribution is 2.08. The van der Waals surface area contributed by atoms with Crippen LogP contribution in [0.1, 0.15) is 45.4 Å². The summed E-state index contributed by atoms with van der Waals surface area (Å²) >= 11 is 0. The Hall–Kier alpha value is -1.64. The Morgan fingerprint density at radius 1 is 1.00 bits per heavy atom. The fourth-order valence-corrected chi connectivity index (χ4v) is 1.72. The summed E-state index contributed by atoms with van der Waals surface area (Å²) in [4.78, 5) is 23.1. The largest absolute Gasteiger partial charge is 0.319 e. The molecule has 0 heterocycles. The summed E-state index contributed by atoms with van der Waals surface area (Å²) in [6.45, 7) is 2.15. The Bertz CT molecular complexity index is 373. The minimum atomic E-state index is -0.503. The number of ketones is 1. The monoisotopic (exact) mass is 247 g/mol. The number of hydrogen-bond donors (Lipinski definition) is 1. The van der Waals surface area contributed by atoms with Crippen molar-refractivity contribution in [1.29, 1.82) is 0 Å². The van der Waals surface area contributed by atoms with Gasteiger partial charge in [-0.15, -0.1) is 0 Å². The number of anilines is 1. The molecule has 0 aliphatic carbocycles. The van der Waals surface area contributed by atoms with Crippen LogP contribution in [0.4, 0.5) is 5.69 Å². The molecule has 0 bridgehead atoms. The zero-order valence-corrected chi connectivity index (χ0v) is 10.9. The molecule has 18 heavy (non-hydrogen) atoms. The van der Waals surface area contributed by atoms with Crippen LogP contribution in [0.2, 0.25) is 0 Å². The summed E-state index contributed by atoms with van der Waals surface area (Å²) < 4.78 is 0. The average molecular weight is 247 g/mol. The summed E-state index contributed by atoms with van der Waals surface area (Å²) in [6, 6.07) is 9.06. The van der Waals surface area contributed by atoms with Crippen molar-refractivity contribution < 1.29 is 9.59 Å². The number of amides is 1. The maximum absolute atomic E-state index is 11.6. The summed E-state index contributed by atoms with van der Waals surface area (Å²) in [5, 5.41) is 2.61. The first kappa shape index (κ1) is 14.4. The molecule has 0 fully saturated rings. The maximum Gasteiger partial charge on any atom is 0.291 e. The quantitative estimate of drug-likeness (QED) is 0.564. The summed E-state index contributed by atoms with van der Waals surface area (Å²) in [6.07, 6.45) is 5.71. The van der Waals surface area contributed by atoms with Crippen molar-refractivity contribution in [2.45, 2.75) is 45.4 Å². The molecule has 3 nitrogen and oxygen atoms in total. The lowest BCUT2D eigenvalue weighted by atomic mass is 10.1. The molecule has 1 aromatic rings. The molecule has 1 amide bonds. The first-order chi connectivity index (χ1) is 8.74. The van der Waals surface area contributed by atoms with Crippen molar-refractivity contribution in [3.05, 3.63) is 30.3 Å². The lowest BCUT2D eigenvalue weighted by Gasteiger charge is -2.04. The van der Waals surface area contributed by atoms with Crippen LogP contribution in [0.15, 0.2) is 30.3 Å².